The first-order valence-electron chi connectivity index (χ1n) is 9.29. The lowest BCUT2D eigenvalue weighted by Gasteiger charge is -2.27. The van der Waals surface area contributed by atoms with Crippen molar-refractivity contribution >= 4 is 0 Å². The van der Waals surface area contributed by atoms with Gasteiger partial charge in [0.1, 0.15) is 26.2 Å². The minimum absolute atomic E-state index is 0.769. The molecule has 1 aliphatic rings. The van der Waals surface area contributed by atoms with Crippen molar-refractivity contribution in [3.8, 4) is 11.5 Å². The van der Waals surface area contributed by atoms with Gasteiger partial charge in [-0.3, -0.25) is 0 Å². The fraction of sp³-hybridized carbons (Fsp3) is 0.684. The summed E-state index contributed by atoms with van der Waals surface area (Å²) in [6.45, 7) is 10.3. The van der Waals surface area contributed by atoms with Crippen LogP contribution < -0.4 is 19.3 Å². The van der Waals surface area contributed by atoms with Crippen molar-refractivity contribution in [2.75, 3.05) is 53.0 Å². The zero-order valence-electron chi connectivity index (χ0n) is 14.9. The number of hydrogen-bond donors (Lipinski definition) is 2. The number of benzene rings is 1. The highest BCUT2D eigenvalue weighted by molar-refractivity contribution is 5.39. The standard InChI is InChI=1S/C19H32N2O2/c1-3-4-16-22-18-9-5-6-10-19(18)23-17-8-7-11-21-14-12-20(2)13-15-21/h5-6,9-10H,3-4,7-8,11-17H2,1-2H3/p+2. The van der Waals surface area contributed by atoms with Crippen LogP contribution in [-0.4, -0.2) is 53.0 Å². The number of hydrogen-bond acceptors (Lipinski definition) is 2. The van der Waals surface area contributed by atoms with Crippen molar-refractivity contribution in [1.82, 2.24) is 0 Å². The largest absolute Gasteiger partial charge is 0.490 e. The van der Waals surface area contributed by atoms with Crippen LogP contribution in [0, 0.1) is 0 Å². The first-order chi connectivity index (χ1) is 11.3. The summed E-state index contributed by atoms with van der Waals surface area (Å²) in [6, 6.07) is 8.03. The van der Waals surface area contributed by atoms with Gasteiger partial charge in [-0.05, 0) is 31.4 Å². The lowest BCUT2D eigenvalue weighted by Crippen LogP contribution is -3.27. The maximum Gasteiger partial charge on any atom is 0.161 e. The Balaban J connectivity index is 1.62. The second-order valence-electron chi connectivity index (χ2n) is 6.66. The number of para-hydroxylation sites is 2. The Kier molecular flexibility index (Phi) is 8.26. The number of rotatable bonds is 10. The Bertz CT molecular complexity index is 431. The van der Waals surface area contributed by atoms with Crippen LogP contribution in [0.25, 0.3) is 0 Å². The molecule has 1 aromatic carbocycles. The minimum Gasteiger partial charge on any atom is -0.490 e. The molecule has 0 bridgehead atoms. The van der Waals surface area contributed by atoms with Crippen molar-refractivity contribution in [3.63, 3.8) is 0 Å². The monoisotopic (exact) mass is 322 g/mol. The number of ether oxygens (including phenoxy) is 2. The zero-order valence-corrected chi connectivity index (χ0v) is 14.9. The molecule has 1 aliphatic heterocycles. The molecule has 2 rings (SSSR count). The second-order valence-corrected chi connectivity index (χ2v) is 6.66. The summed E-state index contributed by atoms with van der Waals surface area (Å²) >= 11 is 0. The summed E-state index contributed by atoms with van der Waals surface area (Å²) in [6.07, 6.45) is 4.60. The van der Waals surface area contributed by atoms with Gasteiger partial charge in [-0.1, -0.05) is 25.5 Å². The van der Waals surface area contributed by atoms with Crippen LogP contribution in [-0.2, 0) is 0 Å². The van der Waals surface area contributed by atoms with Gasteiger partial charge < -0.3 is 19.3 Å². The molecule has 0 spiro atoms. The van der Waals surface area contributed by atoms with Crippen molar-refractivity contribution < 1.29 is 19.3 Å². The third kappa shape index (κ3) is 6.80. The molecule has 0 radical (unpaired) electrons. The van der Waals surface area contributed by atoms with Crippen LogP contribution in [0.15, 0.2) is 24.3 Å². The van der Waals surface area contributed by atoms with E-state index in [4.69, 9.17) is 9.47 Å². The molecular formula is C19H34N2O2+2. The topological polar surface area (TPSA) is 27.3 Å². The molecule has 0 amide bonds. The number of nitrogens with one attached hydrogen (secondary N) is 2. The van der Waals surface area contributed by atoms with E-state index in [1.807, 2.05) is 24.3 Å². The average molecular weight is 322 g/mol. The van der Waals surface area contributed by atoms with E-state index in [0.717, 1.165) is 44.0 Å². The predicted octanol–water partition coefficient (Wildman–Crippen LogP) is 0.438. The molecule has 23 heavy (non-hydrogen) atoms. The maximum atomic E-state index is 5.94. The number of unbranched alkanes of at least 4 members (excludes halogenated alkanes) is 2. The lowest BCUT2D eigenvalue weighted by atomic mass is 10.2. The van der Waals surface area contributed by atoms with E-state index in [1.165, 1.54) is 39.1 Å². The van der Waals surface area contributed by atoms with Gasteiger partial charge in [0, 0.05) is 0 Å². The van der Waals surface area contributed by atoms with Crippen LogP contribution in [0.4, 0.5) is 0 Å². The molecule has 1 aromatic rings. The summed E-state index contributed by atoms with van der Waals surface area (Å²) in [5, 5.41) is 0. The summed E-state index contributed by atoms with van der Waals surface area (Å²) in [7, 11) is 2.30. The molecule has 0 aliphatic carbocycles. The molecule has 4 heteroatoms. The van der Waals surface area contributed by atoms with Gasteiger partial charge in [0.25, 0.3) is 0 Å². The van der Waals surface area contributed by atoms with Gasteiger partial charge in [-0.15, -0.1) is 0 Å². The molecule has 4 nitrogen and oxygen atoms in total. The molecule has 1 saturated heterocycles. The third-order valence-corrected chi connectivity index (χ3v) is 4.60. The summed E-state index contributed by atoms with van der Waals surface area (Å²) in [4.78, 5) is 3.44. The fourth-order valence-corrected chi connectivity index (χ4v) is 2.95. The Morgan fingerprint density at radius 1 is 0.870 bits per heavy atom. The molecule has 1 fully saturated rings. The molecule has 0 saturated carbocycles. The average Bonchev–Trinajstić information content (AvgIpc) is 2.58. The van der Waals surface area contributed by atoms with Gasteiger partial charge in [0.2, 0.25) is 0 Å². The normalized spacial score (nSPS) is 21.1. The van der Waals surface area contributed by atoms with Crippen LogP contribution in [0.3, 0.4) is 0 Å². The van der Waals surface area contributed by atoms with E-state index in [-0.39, 0.29) is 0 Å². The second kappa shape index (κ2) is 10.5. The van der Waals surface area contributed by atoms with E-state index in [1.54, 1.807) is 9.80 Å². The van der Waals surface area contributed by atoms with Crippen LogP contribution in [0.1, 0.15) is 32.6 Å². The summed E-state index contributed by atoms with van der Waals surface area (Å²) < 4.78 is 11.7. The van der Waals surface area contributed by atoms with Crippen molar-refractivity contribution in [2.24, 2.45) is 0 Å². The highest BCUT2D eigenvalue weighted by Crippen LogP contribution is 2.26. The first kappa shape index (κ1) is 18.1. The quantitative estimate of drug-likeness (QED) is 0.612. The Morgan fingerprint density at radius 2 is 1.48 bits per heavy atom. The van der Waals surface area contributed by atoms with Crippen molar-refractivity contribution in [3.05, 3.63) is 24.3 Å². The number of likely N-dealkylation sites (N-methyl/N-ethyl adjacent to an activating group) is 1. The van der Waals surface area contributed by atoms with E-state index in [2.05, 4.69) is 14.0 Å². The van der Waals surface area contributed by atoms with Gasteiger partial charge >= 0.3 is 0 Å². The highest BCUT2D eigenvalue weighted by atomic mass is 16.5. The van der Waals surface area contributed by atoms with Crippen molar-refractivity contribution in [1.29, 1.82) is 0 Å². The number of quaternary nitrogens is 2. The van der Waals surface area contributed by atoms with E-state index < -0.39 is 0 Å². The molecule has 2 N–H and O–H groups in total. The molecule has 1 heterocycles. The Hall–Kier alpha value is -1.26. The van der Waals surface area contributed by atoms with E-state index in [0.29, 0.717) is 0 Å². The van der Waals surface area contributed by atoms with Gasteiger partial charge in [-0.25, -0.2) is 0 Å². The van der Waals surface area contributed by atoms with E-state index >= 15 is 0 Å². The molecule has 0 atom stereocenters. The Morgan fingerprint density at radius 3 is 2.09 bits per heavy atom. The lowest BCUT2D eigenvalue weighted by molar-refractivity contribution is -1.00. The fourth-order valence-electron chi connectivity index (χ4n) is 2.95. The molecule has 130 valence electrons. The van der Waals surface area contributed by atoms with Crippen LogP contribution >= 0.6 is 0 Å². The smallest absolute Gasteiger partial charge is 0.161 e. The van der Waals surface area contributed by atoms with Crippen LogP contribution in [0.2, 0.25) is 0 Å². The van der Waals surface area contributed by atoms with Gasteiger partial charge in [-0.2, -0.15) is 0 Å². The van der Waals surface area contributed by atoms with Gasteiger partial charge in [0.15, 0.2) is 11.5 Å². The van der Waals surface area contributed by atoms with Gasteiger partial charge in [0.05, 0.1) is 26.8 Å². The minimum atomic E-state index is 0.769. The molecule has 0 unspecified atom stereocenters. The maximum absolute atomic E-state index is 5.94. The SMILES string of the molecule is CCCCOc1ccccc1OCCCC[NH+]1CC[NH+](C)CC1. The summed E-state index contributed by atoms with van der Waals surface area (Å²) in [5.74, 6) is 1.77. The Labute approximate surface area is 141 Å². The first-order valence-corrected chi connectivity index (χ1v) is 9.29. The molecule has 0 aromatic heterocycles. The zero-order chi connectivity index (χ0) is 16.3. The number of piperazine rings is 1. The van der Waals surface area contributed by atoms with Crippen LogP contribution in [0.5, 0.6) is 11.5 Å². The predicted molar refractivity (Wildman–Crippen MR) is 93.8 cm³/mol. The van der Waals surface area contributed by atoms with Crippen molar-refractivity contribution in [2.45, 2.75) is 32.6 Å². The summed E-state index contributed by atoms with van der Waals surface area (Å²) in [5.41, 5.74) is 0. The van der Waals surface area contributed by atoms with E-state index in [9.17, 15) is 0 Å². The highest BCUT2D eigenvalue weighted by Gasteiger charge is 2.18. The third-order valence-electron chi connectivity index (χ3n) is 4.60. The molecular weight excluding hydrogens is 288 g/mol.